The van der Waals surface area contributed by atoms with Gasteiger partial charge in [-0.2, -0.15) is 13.2 Å². The van der Waals surface area contributed by atoms with Gasteiger partial charge in [0, 0.05) is 17.0 Å². The van der Waals surface area contributed by atoms with Gasteiger partial charge in [-0.1, -0.05) is 18.2 Å². The predicted molar refractivity (Wildman–Crippen MR) is 49.8 cm³/mol. The van der Waals surface area contributed by atoms with Gasteiger partial charge in [-0.05, 0) is 6.07 Å². The predicted octanol–water partition coefficient (Wildman–Crippen LogP) is 3.11. The third-order valence-corrected chi connectivity index (χ3v) is 1.90. The Labute approximate surface area is 83.7 Å². The maximum absolute atomic E-state index is 11.9. The molecule has 0 radical (unpaired) electrons. The molecule has 0 saturated heterocycles. The molecule has 2 rings (SSSR count). The molecule has 0 fully saturated rings. The molecule has 1 N–H and O–H groups in total. The summed E-state index contributed by atoms with van der Waals surface area (Å²) >= 11 is 0. The van der Waals surface area contributed by atoms with E-state index in [0.29, 0.717) is 0 Å². The second-order valence-electron chi connectivity index (χ2n) is 3.12. The van der Waals surface area contributed by atoms with Crippen LogP contribution in [0.15, 0.2) is 30.3 Å². The van der Waals surface area contributed by atoms with Crippen LogP contribution in [0, 0.1) is 0 Å². The Morgan fingerprint density at radius 2 is 1.93 bits per heavy atom. The number of hydrogen-bond acceptors (Lipinski definition) is 1. The van der Waals surface area contributed by atoms with E-state index in [2.05, 4.69) is 9.72 Å². The summed E-state index contributed by atoms with van der Waals surface area (Å²) in [5, 5.41) is 0.828. The fourth-order valence-electron chi connectivity index (χ4n) is 1.28. The lowest BCUT2D eigenvalue weighted by atomic mass is 10.3. The number of halogens is 3. The van der Waals surface area contributed by atoms with Crippen LogP contribution in [0.3, 0.4) is 0 Å². The fraction of sp³-hybridized carbons (Fsp3) is 0.200. The number of aromatic nitrogens is 1. The molecule has 2 aromatic rings. The van der Waals surface area contributed by atoms with Crippen LogP contribution in [0.4, 0.5) is 13.2 Å². The van der Waals surface area contributed by atoms with E-state index in [1.807, 2.05) is 6.07 Å². The van der Waals surface area contributed by atoms with Gasteiger partial charge in [0.05, 0.1) is 0 Å². The first-order chi connectivity index (χ1) is 7.04. The summed E-state index contributed by atoms with van der Waals surface area (Å²) < 4.78 is 40.1. The van der Waals surface area contributed by atoms with Crippen LogP contribution >= 0.6 is 0 Å². The molecular formula is C10H8F3NO. The first-order valence-electron chi connectivity index (χ1n) is 4.32. The monoisotopic (exact) mass is 215 g/mol. The Balaban J connectivity index is 2.16. The molecule has 0 bridgehead atoms. The van der Waals surface area contributed by atoms with Gasteiger partial charge in [-0.25, -0.2) is 0 Å². The fourth-order valence-corrected chi connectivity index (χ4v) is 1.28. The van der Waals surface area contributed by atoms with Crippen LogP contribution in [0.25, 0.3) is 10.9 Å². The number of rotatable bonds is 2. The third kappa shape index (κ3) is 2.43. The number of ether oxygens (including phenoxy) is 1. The number of H-pyrrole nitrogens is 1. The van der Waals surface area contributed by atoms with Crippen molar-refractivity contribution in [2.45, 2.75) is 6.18 Å². The normalized spacial score (nSPS) is 11.9. The minimum atomic E-state index is -4.31. The van der Waals surface area contributed by atoms with E-state index in [0.717, 1.165) is 10.9 Å². The maximum atomic E-state index is 11.9. The standard InChI is InChI=1S/C10H8F3NO/c11-10(12,13)6-15-9-5-7-3-1-2-4-8(7)14-9/h1-5,14H,6H2. The molecule has 2 nitrogen and oxygen atoms in total. The average Bonchev–Trinajstić information content (AvgIpc) is 2.56. The molecule has 0 aliphatic carbocycles. The van der Waals surface area contributed by atoms with Crippen LogP contribution in [0.1, 0.15) is 0 Å². The van der Waals surface area contributed by atoms with Crippen LogP contribution in [-0.2, 0) is 0 Å². The molecule has 0 aliphatic heterocycles. The molecule has 0 aliphatic rings. The Bertz CT molecular complexity index is 428. The molecule has 0 atom stereocenters. The van der Waals surface area contributed by atoms with Crippen molar-refractivity contribution >= 4 is 10.9 Å². The molecule has 80 valence electrons. The lowest BCUT2D eigenvalue weighted by Gasteiger charge is -2.06. The molecule has 1 heterocycles. The van der Waals surface area contributed by atoms with Crippen molar-refractivity contribution in [1.29, 1.82) is 0 Å². The molecule has 0 spiro atoms. The molecular weight excluding hydrogens is 207 g/mol. The van der Waals surface area contributed by atoms with E-state index in [-0.39, 0.29) is 5.88 Å². The maximum Gasteiger partial charge on any atom is 0.422 e. The van der Waals surface area contributed by atoms with Crippen molar-refractivity contribution < 1.29 is 17.9 Å². The second kappa shape index (κ2) is 3.49. The van der Waals surface area contributed by atoms with Gasteiger partial charge in [-0.15, -0.1) is 0 Å². The quantitative estimate of drug-likeness (QED) is 0.817. The lowest BCUT2D eigenvalue weighted by Crippen LogP contribution is -2.19. The second-order valence-corrected chi connectivity index (χ2v) is 3.12. The van der Waals surface area contributed by atoms with Gasteiger partial charge in [0.2, 0.25) is 0 Å². The zero-order valence-electron chi connectivity index (χ0n) is 7.64. The van der Waals surface area contributed by atoms with Gasteiger partial charge < -0.3 is 9.72 Å². The molecule has 0 unspecified atom stereocenters. The highest BCUT2D eigenvalue weighted by molar-refractivity contribution is 5.81. The van der Waals surface area contributed by atoms with Gasteiger partial charge in [0.25, 0.3) is 0 Å². The number of fused-ring (bicyclic) bond motifs is 1. The summed E-state index contributed by atoms with van der Waals surface area (Å²) in [6.07, 6.45) is -4.31. The highest BCUT2D eigenvalue weighted by Crippen LogP contribution is 2.22. The summed E-state index contributed by atoms with van der Waals surface area (Å²) in [6, 6.07) is 8.72. The minimum Gasteiger partial charge on any atom is -0.469 e. The van der Waals surface area contributed by atoms with Gasteiger partial charge in [0.1, 0.15) is 0 Å². The Kier molecular flexibility index (Phi) is 2.30. The van der Waals surface area contributed by atoms with Crippen molar-refractivity contribution in [2.24, 2.45) is 0 Å². The van der Waals surface area contributed by atoms with E-state index < -0.39 is 12.8 Å². The summed E-state index contributed by atoms with van der Waals surface area (Å²) in [5.41, 5.74) is 0.759. The zero-order chi connectivity index (χ0) is 10.9. The number of benzene rings is 1. The van der Waals surface area contributed by atoms with Gasteiger partial charge in [-0.3, -0.25) is 0 Å². The first-order valence-corrected chi connectivity index (χ1v) is 4.32. The summed E-state index contributed by atoms with van der Waals surface area (Å²) in [6.45, 7) is -1.28. The Morgan fingerprint density at radius 1 is 1.20 bits per heavy atom. The Morgan fingerprint density at radius 3 is 2.60 bits per heavy atom. The number of aromatic amines is 1. The van der Waals surface area contributed by atoms with Crippen LogP contribution < -0.4 is 4.74 Å². The molecule has 15 heavy (non-hydrogen) atoms. The number of hydrogen-bond donors (Lipinski definition) is 1. The SMILES string of the molecule is FC(F)(F)COc1cc2ccccc2[nH]1. The highest BCUT2D eigenvalue weighted by Gasteiger charge is 2.28. The van der Waals surface area contributed by atoms with Crippen LogP contribution in [0.2, 0.25) is 0 Å². The minimum absolute atomic E-state index is 0.133. The van der Waals surface area contributed by atoms with E-state index in [1.54, 1.807) is 24.3 Å². The van der Waals surface area contributed by atoms with Crippen molar-refractivity contribution in [2.75, 3.05) is 6.61 Å². The van der Waals surface area contributed by atoms with E-state index in [9.17, 15) is 13.2 Å². The number of nitrogens with one attached hydrogen (secondary N) is 1. The zero-order valence-corrected chi connectivity index (χ0v) is 7.64. The van der Waals surface area contributed by atoms with Crippen molar-refractivity contribution in [3.63, 3.8) is 0 Å². The van der Waals surface area contributed by atoms with E-state index in [1.165, 1.54) is 0 Å². The molecule has 1 aromatic carbocycles. The van der Waals surface area contributed by atoms with Gasteiger partial charge in [0.15, 0.2) is 12.5 Å². The topological polar surface area (TPSA) is 25.0 Å². The summed E-state index contributed by atoms with van der Waals surface area (Å²) in [5.74, 6) is 0.133. The third-order valence-electron chi connectivity index (χ3n) is 1.90. The van der Waals surface area contributed by atoms with Crippen molar-refractivity contribution in [3.8, 4) is 5.88 Å². The van der Waals surface area contributed by atoms with Crippen molar-refractivity contribution in [1.82, 2.24) is 4.98 Å². The van der Waals surface area contributed by atoms with Crippen LogP contribution in [0.5, 0.6) is 5.88 Å². The molecule has 1 aromatic heterocycles. The highest BCUT2D eigenvalue weighted by atomic mass is 19.4. The summed E-state index contributed by atoms with van der Waals surface area (Å²) in [4.78, 5) is 2.75. The molecule has 0 amide bonds. The van der Waals surface area contributed by atoms with Crippen LogP contribution in [-0.4, -0.2) is 17.8 Å². The Hall–Kier alpha value is -1.65. The number of alkyl halides is 3. The largest absolute Gasteiger partial charge is 0.469 e. The number of para-hydroxylation sites is 1. The lowest BCUT2D eigenvalue weighted by molar-refractivity contribution is -0.154. The molecule has 5 heteroatoms. The average molecular weight is 215 g/mol. The summed E-state index contributed by atoms with van der Waals surface area (Å²) in [7, 11) is 0. The smallest absolute Gasteiger partial charge is 0.422 e. The van der Waals surface area contributed by atoms with E-state index in [4.69, 9.17) is 0 Å². The van der Waals surface area contributed by atoms with E-state index >= 15 is 0 Å². The first kappa shape index (κ1) is 9.89. The molecule has 0 saturated carbocycles. The van der Waals surface area contributed by atoms with Gasteiger partial charge >= 0.3 is 6.18 Å². The van der Waals surface area contributed by atoms with Crippen molar-refractivity contribution in [3.05, 3.63) is 30.3 Å².